The number of carbonyl (C=O) groups excluding carboxylic acids is 1. The topological polar surface area (TPSA) is 81.5 Å². The van der Waals surface area contributed by atoms with Crippen molar-refractivity contribution in [1.29, 1.82) is 0 Å². The second-order valence-electron chi connectivity index (χ2n) is 8.48. The number of hydrogen-bond donors (Lipinski definition) is 1. The lowest BCUT2D eigenvalue weighted by Crippen LogP contribution is -2.42. The summed E-state index contributed by atoms with van der Waals surface area (Å²) in [4.78, 5) is 22.5. The predicted molar refractivity (Wildman–Crippen MR) is 124 cm³/mol. The van der Waals surface area contributed by atoms with E-state index in [4.69, 9.17) is 32.9 Å². The summed E-state index contributed by atoms with van der Waals surface area (Å²) in [6.45, 7) is -0.00356. The molecule has 7 nitrogen and oxygen atoms in total. The molecule has 2 aliphatic rings. The quantitative estimate of drug-likeness (QED) is 0.422. The summed E-state index contributed by atoms with van der Waals surface area (Å²) in [5.74, 6) is -0.970. The third-order valence-electron chi connectivity index (χ3n) is 5.66. The highest BCUT2D eigenvalue weighted by molar-refractivity contribution is 6.34. The second kappa shape index (κ2) is 10.2. The monoisotopic (exact) mass is 583 g/mol. The molecule has 0 unspecified atom stereocenters. The molecule has 2 heterocycles. The zero-order valence-electron chi connectivity index (χ0n) is 19.2. The van der Waals surface area contributed by atoms with Gasteiger partial charge in [-0.05, 0) is 53.5 Å². The number of nitrogens with one attached hydrogen (secondary N) is 1. The van der Waals surface area contributed by atoms with E-state index in [9.17, 15) is 31.1 Å². The lowest BCUT2D eigenvalue weighted by Gasteiger charge is -2.29. The number of amides is 1. The average molecular weight is 584 g/mol. The minimum absolute atomic E-state index is 0.00457. The standard InChI is InChI=1S/C23H17Cl2F6N3O4/c1-11-4-12(2-3-16(11)20(35)32-18-8-19(34-37-18)36-10-22(26,27)28)17-9-21(38-33-17,23(29,30)31)13-5-14(24)7-15(25)6-13/h2-7,18H,8-10H2,1H3,(H,32,35)/t18-,21-/m0/s1. The molecule has 1 N–H and O–H groups in total. The summed E-state index contributed by atoms with van der Waals surface area (Å²) >= 11 is 11.8. The smallest absolute Gasteiger partial charge is 0.435 e. The molecule has 0 fully saturated rings. The van der Waals surface area contributed by atoms with Crippen molar-refractivity contribution in [3.8, 4) is 0 Å². The molecule has 0 spiro atoms. The Kier molecular flexibility index (Phi) is 7.45. The molecule has 0 saturated heterocycles. The molecule has 0 aliphatic carbocycles. The molecule has 0 radical (unpaired) electrons. The van der Waals surface area contributed by atoms with Crippen LogP contribution < -0.4 is 5.32 Å². The van der Waals surface area contributed by atoms with Crippen molar-refractivity contribution >= 4 is 40.7 Å². The van der Waals surface area contributed by atoms with Crippen molar-refractivity contribution in [2.45, 2.75) is 43.9 Å². The number of aryl methyl sites for hydroxylation is 1. The minimum Gasteiger partial charge on any atom is -0.469 e. The average Bonchev–Trinajstić information content (AvgIpc) is 3.44. The van der Waals surface area contributed by atoms with E-state index < -0.39 is 43.1 Å². The van der Waals surface area contributed by atoms with Crippen molar-refractivity contribution in [3.63, 3.8) is 0 Å². The van der Waals surface area contributed by atoms with E-state index >= 15 is 0 Å². The Bertz CT molecular complexity index is 1290. The van der Waals surface area contributed by atoms with Gasteiger partial charge in [0.2, 0.25) is 12.1 Å². The van der Waals surface area contributed by atoms with E-state index in [1.165, 1.54) is 24.3 Å². The van der Waals surface area contributed by atoms with Gasteiger partial charge in [0.05, 0.1) is 12.1 Å². The first kappa shape index (κ1) is 27.8. The van der Waals surface area contributed by atoms with Crippen molar-refractivity contribution in [2.24, 2.45) is 10.3 Å². The first-order valence-electron chi connectivity index (χ1n) is 10.8. The highest BCUT2D eigenvalue weighted by Gasteiger charge is 2.62. The molecule has 4 rings (SSSR count). The first-order valence-corrected chi connectivity index (χ1v) is 11.5. The van der Waals surface area contributed by atoms with Gasteiger partial charge in [-0.15, -0.1) is 0 Å². The predicted octanol–water partition coefficient (Wildman–Crippen LogP) is 6.25. The van der Waals surface area contributed by atoms with Crippen molar-refractivity contribution in [1.82, 2.24) is 5.32 Å². The van der Waals surface area contributed by atoms with Crippen molar-refractivity contribution in [3.05, 3.63) is 68.7 Å². The zero-order valence-corrected chi connectivity index (χ0v) is 20.7. The fourth-order valence-electron chi connectivity index (χ4n) is 3.85. The minimum atomic E-state index is -4.87. The molecule has 2 aliphatic heterocycles. The molecule has 204 valence electrons. The number of hydrogen-bond acceptors (Lipinski definition) is 6. The molecule has 2 aromatic rings. The van der Waals surface area contributed by atoms with Crippen LogP contribution in [0.2, 0.25) is 10.0 Å². The lowest BCUT2D eigenvalue weighted by molar-refractivity contribution is -0.275. The van der Waals surface area contributed by atoms with Gasteiger partial charge in [-0.2, -0.15) is 26.3 Å². The Hall–Kier alpha value is -3.19. The van der Waals surface area contributed by atoms with Crippen LogP contribution in [0.25, 0.3) is 0 Å². The Morgan fingerprint density at radius 1 is 1.11 bits per heavy atom. The second-order valence-corrected chi connectivity index (χ2v) is 9.35. The van der Waals surface area contributed by atoms with Crippen LogP contribution in [0.3, 0.4) is 0 Å². The van der Waals surface area contributed by atoms with E-state index in [2.05, 4.69) is 20.4 Å². The number of oxime groups is 2. The molecule has 0 saturated carbocycles. The van der Waals surface area contributed by atoms with E-state index in [-0.39, 0.29) is 44.8 Å². The Morgan fingerprint density at radius 2 is 1.79 bits per heavy atom. The molecular formula is C23H17Cl2F6N3O4. The highest BCUT2D eigenvalue weighted by atomic mass is 35.5. The molecular weight excluding hydrogens is 567 g/mol. The summed E-state index contributed by atoms with van der Waals surface area (Å²) in [6.07, 6.45) is -11.4. The molecule has 15 heteroatoms. The van der Waals surface area contributed by atoms with Gasteiger partial charge in [-0.25, -0.2) is 0 Å². The van der Waals surface area contributed by atoms with Crippen molar-refractivity contribution < 1.29 is 45.5 Å². The molecule has 2 atom stereocenters. The highest BCUT2D eigenvalue weighted by Crippen LogP contribution is 2.49. The number of benzene rings is 2. The normalized spacial score (nSPS) is 21.3. The maximum absolute atomic E-state index is 14.2. The maximum atomic E-state index is 14.2. The molecule has 2 aromatic carbocycles. The van der Waals surface area contributed by atoms with Gasteiger partial charge in [-0.3, -0.25) is 4.79 Å². The Balaban J connectivity index is 1.46. The van der Waals surface area contributed by atoms with Gasteiger partial charge in [0, 0.05) is 27.6 Å². The molecule has 38 heavy (non-hydrogen) atoms. The van der Waals surface area contributed by atoms with Crippen LogP contribution in [0, 0.1) is 6.92 Å². The number of alkyl halides is 6. The van der Waals surface area contributed by atoms with Crippen molar-refractivity contribution in [2.75, 3.05) is 6.61 Å². The van der Waals surface area contributed by atoms with E-state index in [0.29, 0.717) is 5.56 Å². The number of ether oxygens (including phenoxy) is 1. The van der Waals surface area contributed by atoms with Crippen LogP contribution in [0.5, 0.6) is 0 Å². The number of carbonyl (C=O) groups is 1. The Labute approximate surface area is 221 Å². The maximum Gasteiger partial charge on any atom is 0.435 e. The van der Waals surface area contributed by atoms with Gasteiger partial charge < -0.3 is 19.7 Å². The molecule has 0 bridgehead atoms. The van der Waals surface area contributed by atoms with Crippen LogP contribution in [0.1, 0.15) is 39.9 Å². The van der Waals surface area contributed by atoms with E-state index in [1.807, 2.05) is 0 Å². The van der Waals surface area contributed by atoms with Crippen LogP contribution >= 0.6 is 23.2 Å². The summed E-state index contributed by atoms with van der Waals surface area (Å²) in [5.41, 5.74) is -2.34. The van der Waals surface area contributed by atoms with Crippen LogP contribution in [-0.4, -0.2) is 42.7 Å². The first-order chi connectivity index (χ1) is 17.7. The summed E-state index contributed by atoms with van der Waals surface area (Å²) in [5, 5.41) is 9.49. The number of nitrogens with zero attached hydrogens (tertiary/aromatic N) is 2. The lowest BCUT2D eigenvalue weighted by atomic mass is 9.86. The third-order valence-corrected chi connectivity index (χ3v) is 6.09. The van der Waals surface area contributed by atoms with Gasteiger partial charge >= 0.3 is 12.4 Å². The van der Waals surface area contributed by atoms with Gasteiger partial charge in [-0.1, -0.05) is 34.4 Å². The summed E-state index contributed by atoms with van der Waals surface area (Å²) < 4.78 is 83.9. The van der Waals surface area contributed by atoms with Crippen LogP contribution in [-0.2, 0) is 20.0 Å². The third kappa shape index (κ3) is 5.93. The molecule has 0 aromatic heterocycles. The van der Waals surface area contributed by atoms with E-state index in [0.717, 1.165) is 12.1 Å². The largest absolute Gasteiger partial charge is 0.469 e. The van der Waals surface area contributed by atoms with Crippen LogP contribution in [0.15, 0.2) is 46.7 Å². The van der Waals surface area contributed by atoms with Gasteiger partial charge in [0.15, 0.2) is 6.61 Å². The summed E-state index contributed by atoms with van der Waals surface area (Å²) in [6, 6.07) is 7.71. The zero-order chi connectivity index (χ0) is 27.9. The molecule has 1 amide bonds. The van der Waals surface area contributed by atoms with Gasteiger partial charge in [0.25, 0.3) is 11.5 Å². The SMILES string of the molecule is Cc1cc(C2=NO[C@@](c3cc(Cl)cc(Cl)c3)(C(F)(F)F)C2)ccc1C(=O)N[C@@H]1CC(OCC(F)(F)F)=NO1. The number of halogens is 8. The van der Waals surface area contributed by atoms with Gasteiger partial charge in [0.1, 0.15) is 0 Å². The number of rotatable bonds is 5. The van der Waals surface area contributed by atoms with E-state index in [1.54, 1.807) is 6.92 Å². The fraction of sp³-hybridized carbons (Fsp3) is 0.348. The Morgan fingerprint density at radius 3 is 2.39 bits per heavy atom. The summed E-state index contributed by atoms with van der Waals surface area (Å²) in [7, 11) is 0. The van der Waals surface area contributed by atoms with Crippen LogP contribution in [0.4, 0.5) is 26.3 Å². The fourth-order valence-corrected chi connectivity index (χ4v) is 4.38.